The van der Waals surface area contributed by atoms with Crippen LogP contribution in [-0.4, -0.2) is 10.8 Å². The molecule has 0 amide bonds. The summed E-state index contributed by atoms with van der Waals surface area (Å²) in [5.41, 5.74) is 4.42. The van der Waals surface area contributed by atoms with Gasteiger partial charge in [0.15, 0.2) is 5.78 Å². The van der Waals surface area contributed by atoms with Gasteiger partial charge >= 0.3 is 0 Å². The maximum Gasteiger partial charge on any atom is 0.167 e. The summed E-state index contributed by atoms with van der Waals surface area (Å²) < 4.78 is 0.948. The maximum absolute atomic E-state index is 13.4. The molecule has 0 fully saturated rings. The number of hydrogen-bond acceptors (Lipinski definition) is 2. The van der Waals surface area contributed by atoms with E-state index in [-0.39, 0.29) is 5.78 Å². The number of halogens is 1. The molecule has 0 aliphatic carbocycles. The van der Waals surface area contributed by atoms with Crippen molar-refractivity contribution in [2.75, 3.05) is 0 Å². The predicted octanol–water partition coefficient (Wildman–Crippen LogP) is 6.35. The summed E-state index contributed by atoms with van der Waals surface area (Å²) in [6, 6.07) is 27.7. The van der Waals surface area contributed by atoms with Crippen LogP contribution in [0.5, 0.6) is 0 Å². The largest absolute Gasteiger partial charge is 0.294 e. The number of benzene rings is 3. The molecular weight excluding hydrogens is 410 g/mol. The first-order valence-corrected chi connectivity index (χ1v) is 9.88. The first-order valence-electron chi connectivity index (χ1n) is 9.09. The van der Waals surface area contributed by atoms with Crippen molar-refractivity contribution in [3.63, 3.8) is 0 Å². The van der Waals surface area contributed by atoms with Gasteiger partial charge in [-0.2, -0.15) is 0 Å². The molecule has 3 heteroatoms. The molecule has 1 aromatic heterocycles. The SMILES string of the molecule is O=C(Cc1cc(Br)cc2cccnc12)/C(=C/c1ccccc1)c1ccccc1. The van der Waals surface area contributed by atoms with E-state index in [0.717, 1.165) is 32.1 Å². The predicted molar refractivity (Wildman–Crippen MR) is 119 cm³/mol. The summed E-state index contributed by atoms with van der Waals surface area (Å²) in [6.07, 6.45) is 4.02. The highest BCUT2D eigenvalue weighted by atomic mass is 79.9. The van der Waals surface area contributed by atoms with Gasteiger partial charge in [0.05, 0.1) is 5.52 Å². The average molecular weight is 428 g/mol. The first kappa shape index (κ1) is 18.3. The fraction of sp³-hybridized carbons (Fsp3) is 0.0400. The third kappa shape index (κ3) is 4.10. The van der Waals surface area contributed by atoms with E-state index < -0.39 is 0 Å². The molecule has 4 rings (SSSR count). The minimum Gasteiger partial charge on any atom is -0.294 e. The number of rotatable bonds is 5. The number of pyridine rings is 1. The smallest absolute Gasteiger partial charge is 0.167 e. The summed E-state index contributed by atoms with van der Waals surface area (Å²) in [4.78, 5) is 17.9. The maximum atomic E-state index is 13.4. The number of carbonyl (C=O) groups excluding carboxylic acids is 1. The Bertz CT molecular complexity index is 1150. The van der Waals surface area contributed by atoms with Gasteiger partial charge in [0.1, 0.15) is 0 Å². The van der Waals surface area contributed by atoms with Gasteiger partial charge in [-0.3, -0.25) is 9.78 Å². The Labute approximate surface area is 172 Å². The van der Waals surface area contributed by atoms with Gasteiger partial charge in [0.25, 0.3) is 0 Å². The molecule has 2 nitrogen and oxygen atoms in total. The van der Waals surface area contributed by atoms with Crippen LogP contribution < -0.4 is 0 Å². The molecule has 0 aliphatic heterocycles. The molecule has 3 aromatic carbocycles. The number of carbonyl (C=O) groups is 1. The van der Waals surface area contributed by atoms with Crippen LogP contribution in [0, 0.1) is 0 Å². The monoisotopic (exact) mass is 427 g/mol. The molecule has 0 aliphatic rings. The van der Waals surface area contributed by atoms with Crippen molar-refractivity contribution in [3.8, 4) is 0 Å². The first-order chi connectivity index (χ1) is 13.7. The third-order valence-corrected chi connectivity index (χ3v) is 5.05. The van der Waals surface area contributed by atoms with Crippen LogP contribution in [0.3, 0.4) is 0 Å². The van der Waals surface area contributed by atoms with Crippen LogP contribution in [0.2, 0.25) is 0 Å². The Morgan fingerprint density at radius 3 is 2.36 bits per heavy atom. The quantitative estimate of drug-likeness (QED) is 0.274. The topological polar surface area (TPSA) is 30.0 Å². The summed E-state index contributed by atoms with van der Waals surface area (Å²) >= 11 is 3.56. The second-order valence-corrected chi connectivity index (χ2v) is 7.49. The van der Waals surface area contributed by atoms with Crippen molar-refractivity contribution >= 4 is 44.3 Å². The van der Waals surface area contributed by atoms with E-state index in [9.17, 15) is 4.79 Å². The second-order valence-electron chi connectivity index (χ2n) is 6.57. The van der Waals surface area contributed by atoms with Crippen molar-refractivity contribution in [3.05, 3.63) is 112 Å². The molecule has 1 heterocycles. The molecular formula is C25H18BrNO. The zero-order chi connectivity index (χ0) is 19.3. The molecule has 0 bridgehead atoms. The minimum absolute atomic E-state index is 0.0695. The third-order valence-electron chi connectivity index (χ3n) is 4.60. The van der Waals surface area contributed by atoms with E-state index in [1.807, 2.05) is 91.0 Å². The second kappa shape index (κ2) is 8.32. The standard InChI is InChI=1S/C25H18BrNO/c26-22-15-20-12-7-13-27-25(20)21(16-22)17-24(28)23(19-10-5-2-6-11-19)14-18-8-3-1-4-9-18/h1-16H,17H2/b23-14+. The van der Waals surface area contributed by atoms with Crippen molar-refractivity contribution in [2.45, 2.75) is 6.42 Å². The van der Waals surface area contributed by atoms with E-state index in [0.29, 0.717) is 12.0 Å². The number of allylic oxidation sites excluding steroid dienone is 1. The number of fused-ring (bicyclic) bond motifs is 1. The summed E-state index contributed by atoms with van der Waals surface area (Å²) in [6.45, 7) is 0. The Kier molecular flexibility index (Phi) is 5.45. The molecule has 28 heavy (non-hydrogen) atoms. The Morgan fingerprint density at radius 1 is 0.893 bits per heavy atom. The Hall–Kier alpha value is -3.04. The van der Waals surface area contributed by atoms with Crippen LogP contribution in [0.25, 0.3) is 22.6 Å². The molecule has 4 aromatic rings. The molecule has 0 N–H and O–H groups in total. The zero-order valence-electron chi connectivity index (χ0n) is 15.2. The zero-order valence-corrected chi connectivity index (χ0v) is 16.8. The van der Waals surface area contributed by atoms with Gasteiger partial charge in [0.2, 0.25) is 0 Å². The highest BCUT2D eigenvalue weighted by Gasteiger charge is 2.15. The van der Waals surface area contributed by atoms with Gasteiger partial charge < -0.3 is 0 Å². The molecule has 0 atom stereocenters. The molecule has 0 saturated heterocycles. The van der Waals surface area contributed by atoms with Crippen molar-refractivity contribution in [1.82, 2.24) is 4.98 Å². The van der Waals surface area contributed by atoms with Crippen LogP contribution in [0.1, 0.15) is 16.7 Å². The van der Waals surface area contributed by atoms with Crippen LogP contribution in [0.4, 0.5) is 0 Å². The number of ketones is 1. The van der Waals surface area contributed by atoms with Gasteiger partial charge in [-0.25, -0.2) is 0 Å². The van der Waals surface area contributed by atoms with Gasteiger partial charge in [0, 0.05) is 28.0 Å². The van der Waals surface area contributed by atoms with Crippen LogP contribution >= 0.6 is 15.9 Å². The fourth-order valence-corrected chi connectivity index (χ4v) is 3.81. The molecule has 0 saturated carbocycles. The van der Waals surface area contributed by atoms with Crippen molar-refractivity contribution in [1.29, 1.82) is 0 Å². The highest BCUT2D eigenvalue weighted by molar-refractivity contribution is 9.10. The van der Waals surface area contributed by atoms with E-state index in [1.165, 1.54) is 0 Å². The lowest BCUT2D eigenvalue weighted by Gasteiger charge is -2.10. The Balaban J connectivity index is 1.76. The lowest BCUT2D eigenvalue weighted by Crippen LogP contribution is -2.07. The average Bonchev–Trinajstić information content (AvgIpc) is 2.73. The molecule has 0 radical (unpaired) electrons. The number of nitrogens with zero attached hydrogens (tertiary/aromatic N) is 1. The number of aromatic nitrogens is 1. The van der Waals surface area contributed by atoms with Gasteiger partial charge in [-0.1, -0.05) is 82.7 Å². The highest BCUT2D eigenvalue weighted by Crippen LogP contribution is 2.26. The van der Waals surface area contributed by atoms with Crippen LogP contribution in [-0.2, 0) is 11.2 Å². The number of hydrogen-bond donors (Lipinski definition) is 0. The van der Waals surface area contributed by atoms with E-state index >= 15 is 0 Å². The number of Topliss-reactive ketones (excluding diaryl/α,β-unsaturated/α-hetero) is 1. The lowest BCUT2D eigenvalue weighted by atomic mass is 9.94. The van der Waals surface area contributed by atoms with Gasteiger partial charge in [-0.05, 0) is 41.0 Å². The Morgan fingerprint density at radius 2 is 1.61 bits per heavy atom. The van der Waals surface area contributed by atoms with E-state index in [4.69, 9.17) is 0 Å². The van der Waals surface area contributed by atoms with Gasteiger partial charge in [-0.15, -0.1) is 0 Å². The summed E-state index contributed by atoms with van der Waals surface area (Å²) in [7, 11) is 0. The summed E-state index contributed by atoms with van der Waals surface area (Å²) in [5.74, 6) is 0.0695. The van der Waals surface area contributed by atoms with Crippen LogP contribution in [0.15, 0.2) is 95.6 Å². The van der Waals surface area contributed by atoms with Crippen molar-refractivity contribution < 1.29 is 4.79 Å². The van der Waals surface area contributed by atoms with E-state index in [1.54, 1.807) is 6.20 Å². The van der Waals surface area contributed by atoms with Crippen molar-refractivity contribution in [2.24, 2.45) is 0 Å². The minimum atomic E-state index is 0.0695. The molecule has 0 spiro atoms. The fourth-order valence-electron chi connectivity index (χ4n) is 3.29. The molecule has 0 unspecified atom stereocenters. The summed E-state index contributed by atoms with van der Waals surface area (Å²) in [5, 5.41) is 1.02. The molecule has 136 valence electrons. The van der Waals surface area contributed by atoms with E-state index in [2.05, 4.69) is 20.9 Å². The lowest BCUT2D eigenvalue weighted by molar-refractivity contribution is -0.113. The normalized spacial score (nSPS) is 11.5.